The Morgan fingerprint density at radius 1 is 1.34 bits per heavy atom. The van der Waals surface area contributed by atoms with Crippen LogP contribution in [0.25, 0.3) is 0 Å². The molecule has 1 aromatic heterocycles. The van der Waals surface area contributed by atoms with Crippen molar-refractivity contribution >= 4 is 38.9 Å². The lowest BCUT2D eigenvalue weighted by Crippen LogP contribution is -2.39. The first-order valence-electron chi connectivity index (χ1n) is 9.45. The van der Waals surface area contributed by atoms with Crippen LogP contribution in [0.5, 0.6) is 0 Å². The van der Waals surface area contributed by atoms with Crippen molar-refractivity contribution in [3.8, 4) is 0 Å². The number of hydrogen-bond acceptors (Lipinski definition) is 7. The molecule has 1 aliphatic rings. The molecule has 0 spiro atoms. The van der Waals surface area contributed by atoms with Gasteiger partial charge in [0.05, 0.1) is 19.8 Å². The number of ether oxygens (including phenoxy) is 2. The minimum atomic E-state index is -0.936. The summed E-state index contributed by atoms with van der Waals surface area (Å²) in [5, 5.41) is 2.49. The second-order valence-electron chi connectivity index (χ2n) is 6.63. The highest BCUT2D eigenvalue weighted by atomic mass is 79.9. The van der Waals surface area contributed by atoms with Crippen LogP contribution in [-0.4, -0.2) is 42.5 Å². The van der Waals surface area contributed by atoms with Crippen molar-refractivity contribution in [1.29, 1.82) is 0 Å². The maximum atomic E-state index is 12.2. The van der Waals surface area contributed by atoms with E-state index in [0.717, 1.165) is 24.1 Å². The van der Waals surface area contributed by atoms with Crippen LogP contribution >= 0.6 is 27.3 Å². The molecule has 2 heterocycles. The summed E-state index contributed by atoms with van der Waals surface area (Å²) >= 11 is 4.74. The predicted molar refractivity (Wildman–Crippen MR) is 118 cm³/mol. The Labute approximate surface area is 183 Å². The molecular formula is C21H24BrN3O3S. The number of nitrogens with zero attached hydrogens (tertiary/aromatic N) is 2. The van der Waals surface area contributed by atoms with E-state index < -0.39 is 18.1 Å². The minimum absolute atomic E-state index is 0.269. The first kappa shape index (κ1) is 21.8. The lowest BCUT2D eigenvalue weighted by Gasteiger charge is -2.23. The lowest BCUT2D eigenvalue weighted by atomic mass is 10.00. The third kappa shape index (κ3) is 6.30. The summed E-state index contributed by atoms with van der Waals surface area (Å²) in [6, 6.07) is 9.35. The van der Waals surface area contributed by atoms with Crippen LogP contribution in [0.2, 0.25) is 0 Å². The van der Waals surface area contributed by atoms with Crippen molar-refractivity contribution in [2.45, 2.75) is 31.9 Å². The number of dihydropyridines is 1. The Hall–Kier alpha value is -1.87. The van der Waals surface area contributed by atoms with Gasteiger partial charge in [0.25, 0.3) is 0 Å². The molecule has 0 unspecified atom stereocenters. The molecule has 8 heteroatoms. The lowest BCUT2D eigenvalue weighted by molar-refractivity contribution is -0.148. The molecule has 0 amide bonds. The number of carbonyl (C=O) groups is 1. The fraction of sp³-hybridized carbons (Fsp3) is 0.381. The van der Waals surface area contributed by atoms with Crippen molar-refractivity contribution in [1.82, 2.24) is 4.98 Å². The zero-order chi connectivity index (χ0) is 20.6. The molecule has 154 valence electrons. The summed E-state index contributed by atoms with van der Waals surface area (Å²) in [4.78, 5) is 21.2. The Balaban J connectivity index is 1.63. The maximum Gasteiger partial charge on any atom is 0.326 e. The highest BCUT2D eigenvalue weighted by Crippen LogP contribution is 2.28. The molecule has 29 heavy (non-hydrogen) atoms. The van der Waals surface area contributed by atoms with Crippen LogP contribution in [0.4, 0.5) is 0 Å². The maximum absolute atomic E-state index is 12.2. The second-order valence-corrected chi connectivity index (χ2v) is 8.33. The Morgan fingerprint density at radius 2 is 2.14 bits per heavy atom. The number of nitrogens with two attached hydrogens (primary N) is 1. The van der Waals surface area contributed by atoms with Gasteiger partial charge in [-0.2, -0.15) is 0 Å². The van der Waals surface area contributed by atoms with E-state index in [1.54, 1.807) is 6.92 Å². The quantitative estimate of drug-likeness (QED) is 0.437. The molecule has 2 aromatic rings. The number of aliphatic imine (C=N–C) groups is 1. The van der Waals surface area contributed by atoms with Crippen molar-refractivity contribution in [3.63, 3.8) is 0 Å². The molecular weight excluding hydrogens is 454 g/mol. The molecule has 6 nitrogen and oxygen atoms in total. The molecule has 1 aromatic carbocycles. The van der Waals surface area contributed by atoms with Gasteiger partial charge in [-0.25, -0.2) is 4.98 Å². The normalized spacial score (nSPS) is 16.0. The van der Waals surface area contributed by atoms with Gasteiger partial charge in [-0.3, -0.25) is 9.79 Å². The van der Waals surface area contributed by atoms with Crippen molar-refractivity contribution < 1.29 is 14.3 Å². The number of hydrogen-bond donors (Lipinski definition) is 1. The van der Waals surface area contributed by atoms with Crippen molar-refractivity contribution in [2.24, 2.45) is 10.7 Å². The topological polar surface area (TPSA) is 86.8 Å². The Bertz CT molecular complexity index is 882. The molecule has 0 saturated carbocycles. The predicted octanol–water partition coefficient (Wildman–Crippen LogP) is 3.87. The van der Waals surface area contributed by atoms with Gasteiger partial charge in [-0.05, 0) is 34.0 Å². The first-order valence-corrected chi connectivity index (χ1v) is 11.1. The highest BCUT2D eigenvalue weighted by Gasteiger charge is 2.31. The van der Waals surface area contributed by atoms with Crippen LogP contribution in [0.3, 0.4) is 0 Å². The number of esters is 1. The van der Waals surface area contributed by atoms with E-state index in [9.17, 15) is 4.79 Å². The van der Waals surface area contributed by atoms with Gasteiger partial charge in [0.1, 0.15) is 21.8 Å². The van der Waals surface area contributed by atoms with Gasteiger partial charge in [-0.1, -0.05) is 36.4 Å². The van der Waals surface area contributed by atoms with E-state index in [0.29, 0.717) is 22.8 Å². The summed E-state index contributed by atoms with van der Waals surface area (Å²) < 4.78 is 11.9. The summed E-state index contributed by atoms with van der Waals surface area (Å²) in [5.74, 6) is -0.493. The summed E-state index contributed by atoms with van der Waals surface area (Å²) in [7, 11) is 0. The fourth-order valence-corrected chi connectivity index (χ4v) is 4.40. The molecule has 0 radical (unpaired) electrons. The van der Waals surface area contributed by atoms with Crippen LogP contribution in [-0.2, 0) is 20.7 Å². The summed E-state index contributed by atoms with van der Waals surface area (Å²) in [5.41, 5.74) is 9.63. The number of benzene rings is 1. The largest absolute Gasteiger partial charge is 0.465 e. The minimum Gasteiger partial charge on any atom is -0.465 e. The van der Waals surface area contributed by atoms with Crippen LogP contribution in [0.1, 0.15) is 30.0 Å². The smallest absolute Gasteiger partial charge is 0.326 e. The Morgan fingerprint density at radius 3 is 2.83 bits per heavy atom. The number of rotatable bonds is 9. The first-order chi connectivity index (χ1) is 14.1. The van der Waals surface area contributed by atoms with Crippen LogP contribution < -0.4 is 5.73 Å². The highest BCUT2D eigenvalue weighted by molar-refractivity contribution is 9.10. The third-order valence-corrected chi connectivity index (χ3v) is 6.06. The third-order valence-electron chi connectivity index (χ3n) is 4.45. The van der Waals surface area contributed by atoms with Crippen molar-refractivity contribution in [3.05, 3.63) is 62.5 Å². The average Bonchev–Trinajstić information content (AvgIpc) is 3.15. The number of halogens is 1. The van der Waals surface area contributed by atoms with Gasteiger partial charge in [0.15, 0.2) is 0 Å². The molecule has 0 fully saturated rings. The van der Waals surface area contributed by atoms with Gasteiger partial charge < -0.3 is 15.2 Å². The summed E-state index contributed by atoms with van der Waals surface area (Å²) in [6.07, 6.45) is 2.98. The molecule has 2 atom stereocenters. The molecule has 0 saturated heterocycles. The van der Waals surface area contributed by atoms with Gasteiger partial charge in [0, 0.05) is 23.9 Å². The molecule has 1 aliphatic heterocycles. The zero-order valence-corrected chi connectivity index (χ0v) is 18.6. The summed E-state index contributed by atoms with van der Waals surface area (Å²) in [6.45, 7) is 3.02. The fourth-order valence-electron chi connectivity index (χ4n) is 3.04. The monoisotopic (exact) mass is 477 g/mol. The molecule has 0 bridgehead atoms. The zero-order valence-electron chi connectivity index (χ0n) is 16.2. The van der Waals surface area contributed by atoms with Crippen LogP contribution in [0.15, 0.2) is 57.0 Å². The molecule has 3 rings (SSSR count). The molecule has 0 aliphatic carbocycles. The SMILES string of the molecule is CCOC(=O)[C@@H](N)[C@H](OCC1=CCN=C(Cc2ccccc2)C1)c1nc(Br)cs1. The number of thiazole rings is 1. The average molecular weight is 478 g/mol. The number of carbonyl (C=O) groups excluding carboxylic acids is 1. The van der Waals surface area contributed by atoms with E-state index in [1.165, 1.54) is 16.9 Å². The van der Waals surface area contributed by atoms with E-state index in [4.69, 9.17) is 15.2 Å². The second kappa shape index (κ2) is 10.8. The Kier molecular flexibility index (Phi) is 8.11. The van der Waals surface area contributed by atoms with Gasteiger partial charge in [-0.15, -0.1) is 11.3 Å². The van der Waals surface area contributed by atoms with Crippen molar-refractivity contribution in [2.75, 3.05) is 19.8 Å². The van der Waals surface area contributed by atoms with E-state index >= 15 is 0 Å². The van der Waals surface area contributed by atoms with E-state index in [2.05, 4.69) is 44.1 Å². The van der Waals surface area contributed by atoms with E-state index in [-0.39, 0.29) is 6.61 Å². The van der Waals surface area contributed by atoms with Crippen LogP contribution in [0, 0.1) is 0 Å². The number of aromatic nitrogens is 1. The molecule has 2 N–H and O–H groups in total. The standard InChI is InChI=1S/C21H24BrN3O3S/c1-2-27-21(26)18(23)19(20-25-17(22)13-29-20)28-12-15-8-9-24-16(11-15)10-14-6-4-3-5-7-14/h3-8,13,18-19H,2,9-12,23H2,1H3/t18-,19-/m0/s1. The van der Waals surface area contributed by atoms with E-state index in [1.807, 2.05) is 23.6 Å². The van der Waals surface area contributed by atoms with Gasteiger partial charge in [0.2, 0.25) is 0 Å². The van der Waals surface area contributed by atoms with Gasteiger partial charge >= 0.3 is 5.97 Å².